The molecule has 2 amide bonds. The Bertz CT molecular complexity index is 421. The Hall–Kier alpha value is -1.52. The zero-order valence-corrected chi connectivity index (χ0v) is 12.1. The summed E-state index contributed by atoms with van der Waals surface area (Å²) >= 11 is 0. The molecule has 2 rings (SSSR count). The van der Waals surface area contributed by atoms with Gasteiger partial charge in [0.1, 0.15) is 0 Å². The van der Waals surface area contributed by atoms with Crippen LogP contribution < -0.4 is 5.32 Å². The minimum atomic E-state index is 0.0170. The summed E-state index contributed by atoms with van der Waals surface area (Å²) in [4.78, 5) is 13.8. The van der Waals surface area contributed by atoms with Crippen LogP contribution in [0.1, 0.15) is 38.2 Å². The summed E-state index contributed by atoms with van der Waals surface area (Å²) < 4.78 is 1.75. The molecule has 1 saturated carbocycles. The molecule has 0 spiro atoms. The molecule has 5 heteroatoms. The fourth-order valence-electron chi connectivity index (χ4n) is 2.59. The van der Waals surface area contributed by atoms with Crippen molar-refractivity contribution in [2.75, 3.05) is 7.05 Å². The van der Waals surface area contributed by atoms with Gasteiger partial charge in [-0.05, 0) is 31.6 Å². The molecule has 1 aliphatic rings. The Balaban J connectivity index is 1.79. The first-order valence-electron chi connectivity index (χ1n) is 7.03. The average Bonchev–Trinajstić information content (AvgIpc) is 2.77. The topological polar surface area (TPSA) is 50.2 Å². The number of carbonyl (C=O) groups is 1. The van der Waals surface area contributed by atoms with Crippen molar-refractivity contribution < 1.29 is 4.79 Å². The van der Waals surface area contributed by atoms with E-state index >= 15 is 0 Å². The average molecular weight is 264 g/mol. The van der Waals surface area contributed by atoms with E-state index in [1.165, 1.54) is 12.8 Å². The summed E-state index contributed by atoms with van der Waals surface area (Å²) in [6.07, 6.45) is 8.38. The highest BCUT2D eigenvalue weighted by molar-refractivity contribution is 5.74. The molecule has 1 heterocycles. The monoisotopic (exact) mass is 264 g/mol. The SMILES string of the molecule is CC1CCC(NC(=O)N(C)Cc2cnn(C)c2)CC1. The molecule has 0 aliphatic heterocycles. The van der Waals surface area contributed by atoms with E-state index in [1.54, 1.807) is 15.8 Å². The third kappa shape index (κ3) is 3.98. The molecule has 19 heavy (non-hydrogen) atoms. The first-order chi connectivity index (χ1) is 9.04. The fourth-order valence-corrected chi connectivity index (χ4v) is 2.59. The van der Waals surface area contributed by atoms with Gasteiger partial charge in [-0.2, -0.15) is 5.10 Å². The van der Waals surface area contributed by atoms with Crippen LogP contribution in [-0.4, -0.2) is 33.8 Å². The normalized spacial score (nSPS) is 23.1. The van der Waals surface area contributed by atoms with Gasteiger partial charge in [-0.3, -0.25) is 4.68 Å². The van der Waals surface area contributed by atoms with Crippen molar-refractivity contribution in [2.24, 2.45) is 13.0 Å². The molecule has 0 atom stereocenters. The number of rotatable bonds is 3. The van der Waals surface area contributed by atoms with Gasteiger partial charge >= 0.3 is 6.03 Å². The molecule has 1 fully saturated rings. The maximum Gasteiger partial charge on any atom is 0.317 e. The van der Waals surface area contributed by atoms with Gasteiger partial charge in [-0.25, -0.2) is 4.79 Å². The van der Waals surface area contributed by atoms with Gasteiger partial charge in [-0.15, -0.1) is 0 Å². The molecule has 1 aromatic heterocycles. The summed E-state index contributed by atoms with van der Waals surface area (Å²) in [6.45, 7) is 2.88. The molecular weight excluding hydrogens is 240 g/mol. The van der Waals surface area contributed by atoms with E-state index in [-0.39, 0.29) is 6.03 Å². The van der Waals surface area contributed by atoms with E-state index in [4.69, 9.17) is 0 Å². The van der Waals surface area contributed by atoms with E-state index < -0.39 is 0 Å². The summed E-state index contributed by atoms with van der Waals surface area (Å²) in [6, 6.07) is 0.364. The van der Waals surface area contributed by atoms with E-state index in [9.17, 15) is 4.79 Å². The van der Waals surface area contributed by atoms with Crippen LogP contribution in [0.2, 0.25) is 0 Å². The van der Waals surface area contributed by atoms with Crippen molar-refractivity contribution in [3.63, 3.8) is 0 Å². The number of urea groups is 1. The van der Waals surface area contributed by atoms with Gasteiger partial charge in [0.25, 0.3) is 0 Å². The highest BCUT2D eigenvalue weighted by Crippen LogP contribution is 2.23. The van der Waals surface area contributed by atoms with Crippen LogP contribution in [0.4, 0.5) is 4.79 Å². The predicted molar refractivity (Wildman–Crippen MR) is 74.6 cm³/mol. The Morgan fingerprint density at radius 1 is 1.47 bits per heavy atom. The molecule has 106 valence electrons. The van der Waals surface area contributed by atoms with Gasteiger partial charge in [0.2, 0.25) is 0 Å². The van der Waals surface area contributed by atoms with Crippen molar-refractivity contribution in [1.82, 2.24) is 20.0 Å². The largest absolute Gasteiger partial charge is 0.335 e. The lowest BCUT2D eigenvalue weighted by Crippen LogP contribution is -2.44. The maximum atomic E-state index is 12.1. The number of carbonyl (C=O) groups excluding carboxylic acids is 1. The second-order valence-electron chi connectivity index (χ2n) is 5.78. The van der Waals surface area contributed by atoms with Gasteiger partial charge in [0, 0.05) is 31.9 Å². The number of nitrogens with zero attached hydrogens (tertiary/aromatic N) is 3. The quantitative estimate of drug-likeness (QED) is 0.909. The van der Waals surface area contributed by atoms with Crippen molar-refractivity contribution in [1.29, 1.82) is 0 Å². The second-order valence-corrected chi connectivity index (χ2v) is 5.78. The minimum Gasteiger partial charge on any atom is -0.335 e. The minimum absolute atomic E-state index is 0.0170. The Morgan fingerprint density at radius 3 is 2.74 bits per heavy atom. The van der Waals surface area contributed by atoms with Crippen molar-refractivity contribution >= 4 is 6.03 Å². The van der Waals surface area contributed by atoms with E-state index in [2.05, 4.69) is 17.3 Å². The molecular formula is C14H24N4O. The highest BCUT2D eigenvalue weighted by Gasteiger charge is 2.21. The van der Waals surface area contributed by atoms with Gasteiger partial charge in [-0.1, -0.05) is 6.92 Å². The fraction of sp³-hybridized carbons (Fsp3) is 0.714. The number of hydrogen-bond donors (Lipinski definition) is 1. The maximum absolute atomic E-state index is 12.1. The number of nitrogens with one attached hydrogen (secondary N) is 1. The standard InChI is InChI=1S/C14H24N4O/c1-11-4-6-13(7-5-11)16-14(19)17(2)9-12-8-15-18(3)10-12/h8,10-11,13H,4-7,9H2,1-3H3,(H,16,19). The highest BCUT2D eigenvalue weighted by atomic mass is 16.2. The molecule has 5 nitrogen and oxygen atoms in total. The van der Waals surface area contributed by atoms with Crippen LogP contribution in [0.15, 0.2) is 12.4 Å². The first-order valence-corrected chi connectivity index (χ1v) is 7.03. The van der Waals surface area contributed by atoms with E-state index in [0.717, 1.165) is 24.3 Å². The summed E-state index contributed by atoms with van der Waals surface area (Å²) in [5.41, 5.74) is 1.05. The van der Waals surface area contributed by atoms with E-state index in [0.29, 0.717) is 12.6 Å². The molecule has 0 aromatic carbocycles. The van der Waals surface area contributed by atoms with Crippen molar-refractivity contribution in [3.8, 4) is 0 Å². The lowest BCUT2D eigenvalue weighted by atomic mass is 9.87. The molecule has 0 bridgehead atoms. The lowest BCUT2D eigenvalue weighted by molar-refractivity contribution is 0.195. The number of aromatic nitrogens is 2. The molecule has 0 unspecified atom stereocenters. The molecule has 0 saturated heterocycles. The van der Waals surface area contributed by atoms with Crippen molar-refractivity contribution in [2.45, 2.75) is 45.2 Å². The third-order valence-electron chi connectivity index (χ3n) is 3.87. The molecule has 1 aromatic rings. The molecule has 1 aliphatic carbocycles. The smallest absolute Gasteiger partial charge is 0.317 e. The Morgan fingerprint density at radius 2 is 2.16 bits per heavy atom. The second kappa shape index (κ2) is 6.08. The van der Waals surface area contributed by atoms with Crippen LogP contribution in [0.3, 0.4) is 0 Å². The van der Waals surface area contributed by atoms with Gasteiger partial charge in [0.15, 0.2) is 0 Å². The lowest BCUT2D eigenvalue weighted by Gasteiger charge is -2.28. The third-order valence-corrected chi connectivity index (χ3v) is 3.87. The Kier molecular flexibility index (Phi) is 4.45. The first kappa shape index (κ1) is 13.9. The van der Waals surface area contributed by atoms with E-state index in [1.807, 2.05) is 20.3 Å². The predicted octanol–water partition coefficient (Wildman–Crippen LogP) is 2.14. The molecule has 0 radical (unpaired) electrons. The zero-order valence-electron chi connectivity index (χ0n) is 12.1. The molecule has 1 N–H and O–H groups in total. The number of hydrogen-bond acceptors (Lipinski definition) is 2. The van der Waals surface area contributed by atoms with Gasteiger partial charge < -0.3 is 10.2 Å². The van der Waals surface area contributed by atoms with Crippen LogP contribution in [-0.2, 0) is 13.6 Å². The van der Waals surface area contributed by atoms with Crippen LogP contribution in [0.25, 0.3) is 0 Å². The Labute approximate surface area is 115 Å². The van der Waals surface area contributed by atoms with Crippen molar-refractivity contribution in [3.05, 3.63) is 18.0 Å². The van der Waals surface area contributed by atoms with Crippen LogP contribution in [0.5, 0.6) is 0 Å². The summed E-state index contributed by atoms with van der Waals surface area (Å²) in [7, 11) is 3.71. The summed E-state index contributed by atoms with van der Waals surface area (Å²) in [5, 5.41) is 7.24. The van der Waals surface area contributed by atoms with Gasteiger partial charge in [0.05, 0.1) is 12.7 Å². The van der Waals surface area contributed by atoms with Crippen LogP contribution in [0, 0.1) is 5.92 Å². The summed E-state index contributed by atoms with van der Waals surface area (Å²) in [5.74, 6) is 0.807. The zero-order chi connectivity index (χ0) is 13.8. The number of amides is 2. The van der Waals surface area contributed by atoms with Crippen LogP contribution >= 0.6 is 0 Å². The number of aryl methyl sites for hydroxylation is 1.